The van der Waals surface area contributed by atoms with Crippen molar-refractivity contribution < 1.29 is 8.42 Å². The van der Waals surface area contributed by atoms with Gasteiger partial charge in [0.25, 0.3) is 0 Å². The Morgan fingerprint density at radius 2 is 1.73 bits per heavy atom. The van der Waals surface area contributed by atoms with E-state index in [-0.39, 0.29) is 5.25 Å². The zero-order chi connectivity index (χ0) is 11.5. The van der Waals surface area contributed by atoms with Gasteiger partial charge in [-0.05, 0) is 32.4 Å². The molecule has 0 unspecified atom stereocenters. The van der Waals surface area contributed by atoms with Gasteiger partial charge in [0.05, 0.1) is 10.1 Å². The second-order valence-electron chi connectivity index (χ2n) is 3.96. The molecule has 0 N–H and O–H groups in total. The highest BCUT2D eigenvalue weighted by Crippen LogP contribution is 2.19. The molecule has 0 bridgehead atoms. The molecular formula is C12H18O2S. The van der Waals surface area contributed by atoms with Crippen molar-refractivity contribution in [3.8, 4) is 0 Å². The Bertz CT molecular complexity index is 404. The molecule has 84 valence electrons. The van der Waals surface area contributed by atoms with E-state index in [1.54, 1.807) is 19.1 Å². The molecule has 1 aromatic rings. The van der Waals surface area contributed by atoms with Crippen molar-refractivity contribution in [1.29, 1.82) is 0 Å². The zero-order valence-corrected chi connectivity index (χ0v) is 10.3. The van der Waals surface area contributed by atoms with Crippen LogP contribution in [0.25, 0.3) is 0 Å². The van der Waals surface area contributed by atoms with Gasteiger partial charge >= 0.3 is 0 Å². The summed E-state index contributed by atoms with van der Waals surface area (Å²) in [5.41, 5.74) is 1.08. The maximum atomic E-state index is 12.0. The summed E-state index contributed by atoms with van der Waals surface area (Å²) in [5, 5.41) is -0.287. The molecule has 0 radical (unpaired) electrons. The van der Waals surface area contributed by atoms with E-state index >= 15 is 0 Å². The Morgan fingerprint density at radius 3 is 2.20 bits per heavy atom. The summed E-state index contributed by atoms with van der Waals surface area (Å²) in [6.45, 7) is 5.73. The quantitative estimate of drug-likeness (QED) is 0.791. The van der Waals surface area contributed by atoms with E-state index in [0.29, 0.717) is 4.90 Å². The molecule has 1 aromatic carbocycles. The van der Waals surface area contributed by atoms with Crippen LogP contribution in [0.1, 0.15) is 32.3 Å². The summed E-state index contributed by atoms with van der Waals surface area (Å²) in [6, 6.07) is 7.06. The van der Waals surface area contributed by atoms with E-state index < -0.39 is 9.84 Å². The third-order valence-corrected chi connectivity index (χ3v) is 4.80. The summed E-state index contributed by atoms with van der Waals surface area (Å²) < 4.78 is 24.1. The van der Waals surface area contributed by atoms with Crippen LogP contribution in [0, 0.1) is 6.92 Å². The molecule has 0 aliphatic rings. The Kier molecular flexibility index (Phi) is 3.91. The van der Waals surface area contributed by atoms with Crippen LogP contribution in [0.15, 0.2) is 29.2 Å². The maximum Gasteiger partial charge on any atom is 0.180 e. The van der Waals surface area contributed by atoms with Gasteiger partial charge in [0, 0.05) is 0 Å². The number of sulfone groups is 1. The molecule has 1 atom stereocenters. The van der Waals surface area contributed by atoms with E-state index in [0.717, 1.165) is 18.4 Å². The smallest absolute Gasteiger partial charge is 0.180 e. The third kappa shape index (κ3) is 2.81. The second kappa shape index (κ2) is 4.79. The summed E-state index contributed by atoms with van der Waals surface area (Å²) in [7, 11) is -3.12. The first kappa shape index (κ1) is 12.2. The van der Waals surface area contributed by atoms with Gasteiger partial charge in [-0.15, -0.1) is 0 Å². The minimum absolute atomic E-state index is 0.287. The molecule has 0 heterocycles. The van der Waals surface area contributed by atoms with Crippen LogP contribution in [0.3, 0.4) is 0 Å². The lowest BCUT2D eigenvalue weighted by Gasteiger charge is -2.11. The molecule has 0 spiro atoms. The SMILES string of the molecule is CCC[C@@H](C)S(=O)(=O)c1ccc(C)cc1. The maximum absolute atomic E-state index is 12.0. The largest absolute Gasteiger partial charge is 0.223 e. The van der Waals surface area contributed by atoms with Gasteiger partial charge in [-0.25, -0.2) is 8.42 Å². The number of hydrogen-bond acceptors (Lipinski definition) is 2. The fourth-order valence-corrected chi connectivity index (χ4v) is 3.05. The predicted molar refractivity (Wildman–Crippen MR) is 62.7 cm³/mol. The summed E-state index contributed by atoms with van der Waals surface area (Å²) in [5.74, 6) is 0. The highest BCUT2D eigenvalue weighted by Gasteiger charge is 2.21. The first-order chi connectivity index (χ1) is 6.98. The van der Waals surface area contributed by atoms with Gasteiger partial charge in [-0.2, -0.15) is 0 Å². The Balaban J connectivity index is 3.01. The highest BCUT2D eigenvalue weighted by atomic mass is 32.2. The van der Waals surface area contributed by atoms with E-state index in [2.05, 4.69) is 0 Å². The number of aryl methyl sites for hydroxylation is 1. The highest BCUT2D eigenvalue weighted by molar-refractivity contribution is 7.92. The minimum atomic E-state index is -3.12. The predicted octanol–water partition coefficient (Wildman–Crippen LogP) is 2.96. The van der Waals surface area contributed by atoms with Crippen molar-refractivity contribution in [2.45, 2.75) is 43.8 Å². The standard InChI is InChI=1S/C12H18O2S/c1-4-5-11(3)15(13,14)12-8-6-10(2)7-9-12/h6-9,11H,4-5H2,1-3H3/t11-/m1/s1. The van der Waals surface area contributed by atoms with Gasteiger partial charge in [0.15, 0.2) is 9.84 Å². The average molecular weight is 226 g/mol. The molecule has 0 aliphatic heterocycles. The van der Waals surface area contributed by atoms with Crippen LogP contribution in [0.4, 0.5) is 0 Å². The molecule has 0 aromatic heterocycles. The Morgan fingerprint density at radius 1 is 1.20 bits per heavy atom. The Hall–Kier alpha value is -0.830. The molecule has 3 heteroatoms. The normalized spacial score (nSPS) is 13.8. The van der Waals surface area contributed by atoms with Crippen molar-refractivity contribution in [2.24, 2.45) is 0 Å². The number of benzene rings is 1. The fourth-order valence-electron chi connectivity index (χ4n) is 1.52. The van der Waals surface area contributed by atoms with Gasteiger partial charge in [0.1, 0.15) is 0 Å². The molecular weight excluding hydrogens is 208 g/mol. The van der Waals surface area contributed by atoms with E-state index in [9.17, 15) is 8.42 Å². The molecule has 15 heavy (non-hydrogen) atoms. The lowest BCUT2D eigenvalue weighted by atomic mass is 10.2. The van der Waals surface area contributed by atoms with Crippen molar-refractivity contribution >= 4 is 9.84 Å². The van der Waals surface area contributed by atoms with Crippen LogP contribution in [-0.2, 0) is 9.84 Å². The lowest BCUT2D eigenvalue weighted by molar-refractivity contribution is 0.576. The summed E-state index contributed by atoms with van der Waals surface area (Å²) in [6.07, 6.45) is 1.61. The van der Waals surface area contributed by atoms with Gasteiger partial charge in [0.2, 0.25) is 0 Å². The molecule has 0 aliphatic carbocycles. The van der Waals surface area contributed by atoms with Crippen LogP contribution in [-0.4, -0.2) is 13.7 Å². The zero-order valence-electron chi connectivity index (χ0n) is 9.53. The number of hydrogen-bond donors (Lipinski definition) is 0. The van der Waals surface area contributed by atoms with Crippen LogP contribution in [0.2, 0.25) is 0 Å². The summed E-state index contributed by atoms with van der Waals surface area (Å²) in [4.78, 5) is 0.439. The van der Waals surface area contributed by atoms with Crippen molar-refractivity contribution in [3.63, 3.8) is 0 Å². The molecule has 0 fully saturated rings. The van der Waals surface area contributed by atoms with Crippen molar-refractivity contribution in [1.82, 2.24) is 0 Å². The topological polar surface area (TPSA) is 34.1 Å². The van der Waals surface area contributed by atoms with E-state index in [1.165, 1.54) is 0 Å². The molecule has 1 rings (SSSR count). The summed E-state index contributed by atoms with van der Waals surface area (Å²) >= 11 is 0. The molecule has 0 amide bonds. The average Bonchev–Trinajstić information content (AvgIpc) is 2.18. The second-order valence-corrected chi connectivity index (χ2v) is 6.32. The van der Waals surface area contributed by atoms with Crippen LogP contribution < -0.4 is 0 Å². The van der Waals surface area contributed by atoms with Gasteiger partial charge < -0.3 is 0 Å². The lowest BCUT2D eigenvalue weighted by Crippen LogP contribution is -2.17. The first-order valence-electron chi connectivity index (χ1n) is 5.29. The van der Waals surface area contributed by atoms with Gasteiger partial charge in [-0.3, -0.25) is 0 Å². The monoisotopic (exact) mass is 226 g/mol. The van der Waals surface area contributed by atoms with E-state index in [1.807, 2.05) is 26.0 Å². The Labute approximate surface area is 92.2 Å². The minimum Gasteiger partial charge on any atom is -0.223 e. The van der Waals surface area contributed by atoms with Crippen molar-refractivity contribution in [3.05, 3.63) is 29.8 Å². The van der Waals surface area contributed by atoms with Gasteiger partial charge in [-0.1, -0.05) is 31.0 Å². The van der Waals surface area contributed by atoms with E-state index in [4.69, 9.17) is 0 Å². The molecule has 0 saturated carbocycles. The third-order valence-electron chi connectivity index (χ3n) is 2.57. The van der Waals surface area contributed by atoms with Crippen LogP contribution in [0.5, 0.6) is 0 Å². The van der Waals surface area contributed by atoms with Crippen molar-refractivity contribution in [2.75, 3.05) is 0 Å². The van der Waals surface area contributed by atoms with Crippen LogP contribution >= 0.6 is 0 Å². The number of rotatable bonds is 4. The fraction of sp³-hybridized carbons (Fsp3) is 0.500. The molecule has 0 saturated heterocycles. The first-order valence-corrected chi connectivity index (χ1v) is 6.83. The molecule has 2 nitrogen and oxygen atoms in total.